The lowest BCUT2D eigenvalue weighted by Gasteiger charge is -2.07. The number of aryl methyl sites for hydroxylation is 1. The summed E-state index contributed by atoms with van der Waals surface area (Å²) < 4.78 is 5.25. The number of benzene rings is 2. The van der Waals surface area contributed by atoms with Crippen LogP contribution in [0.5, 0.6) is 5.75 Å². The molecule has 114 valence electrons. The third-order valence-electron chi connectivity index (χ3n) is 3.01. The number of carbonyl (C=O) groups excluding carboxylic acids is 1. The lowest BCUT2D eigenvalue weighted by molar-refractivity contribution is -0.384. The molecule has 6 heteroatoms. The Bertz CT molecular complexity index is 668. The minimum absolute atomic E-state index is 0.0717. The molecule has 0 bridgehead atoms. The van der Waals surface area contributed by atoms with Gasteiger partial charge in [0.25, 0.3) is 11.6 Å². The Hall–Kier alpha value is -2.89. The van der Waals surface area contributed by atoms with Crippen molar-refractivity contribution in [2.45, 2.75) is 13.5 Å². The van der Waals surface area contributed by atoms with Crippen molar-refractivity contribution in [1.29, 1.82) is 0 Å². The van der Waals surface area contributed by atoms with Gasteiger partial charge in [-0.1, -0.05) is 35.9 Å². The van der Waals surface area contributed by atoms with Gasteiger partial charge in [-0.25, -0.2) is 0 Å². The standard InChI is InChI=1S/C16H16N2O4/c1-12-5-7-13(8-6-12)10-17-16(19)11-22-15-4-2-3-14(9-15)18(20)21/h2-9H,10-11H2,1H3,(H,17,19). The van der Waals surface area contributed by atoms with Crippen molar-refractivity contribution < 1.29 is 14.5 Å². The summed E-state index contributed by atoms with van der Waals surface area (Å²) in [7, 11) is 0. The fraction of sp³-hybridized carbons (Fsp3) is 0.188. The number of ether oxygens (including phenoxy) is 1. The molecule has 0 saturated heterocycles. The Balaban J connectivity index is 1.81. The van der Waals surface area contributed by atoms with Crippen molar-refractivity contribution in [3.05, 3.63) is 69.8 Å². The Labute approximate surface area is 127 Å². The molecule has 1 amide bonds. The van der Waals surface area contributed by atoms with Gasteiger partial charge in [0.1, 0.15) is 5.75 Å². The van der Waals surface area contributed by atoms with Crippen LogP contribution in [-0.4, -0.2) is 17.4 Å². The molecule has 0 unspecified atom stereocenters. The molecule has 0 fully saturated rings. The van der Waals surface area contributed by atoms with E-state index in [2.05, 4.69) is 5.32 Å². The number of hydrogen-bond donors (Lipinski definition) is 1. The summed E-state index contributed by atoms with van der Waals surface area (Å²) in [5, 5.41) is 13.4. The quantitative estimate of drug-likeness (QED) is 0.656. The predicted molar refractivity (Wildman–Crippen MR) is 81.6 cm³/mol. The summed E-state index contributed by atoms with van der Waals surface area (Å²) in [5.41, 5.74) is 2.08. The topological polar surface area (TPSA) is 81.5 Å². The number of nitro groups is 1. The molecule has 6 nitrogen and oxygen atoms in total. The van der Waals surface area contributed by atoms with Crippen LogP contribution in [0.4, 0.5) is 5.69 Å². The van der Waals surface area contributed by atoms with Crippen molar-refractivity contribution in [2.24, 2.45) is 0 Å². The second-order valence-corrected chi connectivity index (χ2v) is 4.81. The molecule has 0 spiro atoms. The molecule has 1 N–H and O–H groups in total. The van der Waals surface area contributed by atoms with E-state index >= 15 is 0 Å². The van der Waals surface area contributed by atoms with Crippen molar-refractivity contribution in [3.8, 4) is 5.75 Å². The van der Waals surface area contributed by atoms with Crippen LogP contribution in [0.15, 0.2) is 48.5 Å². The van der Waals surface area contributed by atoms with Gasteiger partial charge in [0.05, 0.1) is 11.0 Å². The predicted octanol–water partition coefficient (Wildman–Crippen LogP) is 2.60. The van der Waals surface area contributed by atoms with Crippen LogP contribution in [0.1, 0.15) is 11.1 Å². The molecule has 0 atom stereocenters. The summed E-state index contributed by atoms with van der Waals surface area (Å²) in [5.74, 6) is 0.00627. The second-order valence-electron chi connectivity index (χ2n) is 4.81. The molecule has 0 aliphatic rings. The molecule has 2 aromatic carbocycles. The lowest BCUT2D eigenvalue weighted by atomic mass is 10.1. The van der Waals surface area contributed by atoms with Gasteiger partial charge in [-0.2, -0.15) is 0 Å². The van der Waals surface area contributed by atoms with E-state index < -0.39 is 4.92 Å². The molecule has 2 rings (SSSR count). The van der Waals surface area contributed by atoms with Crippen molar-refractivity contribution in [3.63, 3.8) is 0 Å². The van der Waals surface area contributed by atoms with E-state index in [1.807, 2.05) is 31.2 Å². The highest BCUT2D eigenvalue weighted by molar-refractivity contribution is 5.77. The Kier molecular flexibility index (Phi) is 5.08. The Morgan fingerprint density at radius 3 is 2.64 bits per heavy atom. The molecule has 0 heterocycles. The highest BCUT2D eigenvalue weighted by atomic mass is 16.6. The average Bonchev–Trinajstić information content (AvgIpc) is 2.52. The van der Waals surface area contributed by atoms with Gasteiger partial charge >= 0.3 is 0 Å². The molecule has 22 heavy (non-hydrogen) atoms. The summed E-state index contributed by atoms with van der Waals surface area (Å²) >= 11 is 0. The third kappa shape index (κ3) is 4.59. The van der Waals surface area contributed by atoms with E-state index in [1.165, 1.54) is 18.2 Å². The van der Waals surface area contributed by atoms with E-state index in [-0.39, 0.29) is 18.2 Å². The zero-order chi connectivity index (χ0) is 15.9. The first-order valence-corrected chi connectivity index (χ1v) is 6.74. The fourth-order valence-corrected chi connectivity index (χ4v) is 1.79. The number of nitro benzene ring substituents is 1. The van der Waals surface area contributed by atoms with Crippen LogP contribution >= 0.6 is 0 Å². The van der Waals surface area contributed by atoms with Crippen LogP contribution in [0.2, 0.25) is 0 Å². The van der Waals surface area contributed by atoms with Crippen LogP contribution < -0.4 is 10.1 Å². The normalized spacial score (nSPS) is 10.0. The number of hydrogen-bond acceptors (Lipinski definition) is 4. The Morgan fingerprint density at radius 1 is 1.23 bits per heavy atom. The number of non-ortho nitro benzene ring substituents is 1. The zero-order valence-corrected chi connectivity index (χ0v) is 12.1. The average molecular weight is 300 g/mol. The van der Waals surface area contributed by atoms with Gasteiger partial charge in [0.2, 0.25) is 0 Å². The lowest BCUT2D eigenvalue weighted by Crippen LogP contribution is -2.28. The minimum Gasteiger partial charge on any atom is -0.484 e. The zero-order valence-electron chi connectivity index (χ0n) is 12.1. The van der Waals surface area contributed by atoms with Gasteiger partial charge in [-0.15, -0.1) is 0 Å². The van der Waals surface area contributed by atoms with Crippen LogP contribution in [0, 0.1) is 17.0 Å². The maximum atomic E-state index is 11.7. The van der Waals surface area contributed by atoms with Crippen LogP contribution in [0.25, 0.3) is 0 Å². The highest BCUT2D eigenvalue weighted by Gasteiger charge is 2.08. The SMILES string of the molecule is Cc1ccc(CNC(=O)COc2cccc([N+](=O)[O-])c2)cc1. The number of carbonyl (C=O) groups is 1. The van der Waals surface area contributed by atoms with E-state index in [0.29, 0.717) is 12.3 Å². The molecular formula is C16H16N2O4. The van der Waals surface area contributed by atoms with Crippen LogP contribution in [-0.2, 0) is 11.3 Å². The van der Waals surface area contributed by atoms with Gasteiger partial charge in [0.15, 0.2) is 6.61 Å². The number of nitrogens with one attached hydrogen (secondary N) is 1. The van der Waals surface area contributed by atoms with E-state index in [0.717, 1.165) is 11.1 Å². The first-order valence-electron chi connectivity index (χ1n) is 6.74. The number of amides is 1. The number of nitrogens with zero attached hydrogens (tertiary/aromatic N) is 1. The molecular weight excluding hydrogens is 284 g/mol. The third-order valence-corrected chi connectivity index (χ3v) is 3.01. The Morgan fingerprint density at radius 2 is 1.95 bits per heavy atom. The minimum atomic E-state index is -0.510. The monoisotopic (exact) mass is 300 g/mol. The molecule has 0 aliphatic heterocycles. The van der Waals surface area contributed by atoms with Crippen molar-refractivity contribution in [1.82, 2.24) is 5.32 Å². The van der Waals surface area contributed by atoms with E-state index in [4.69, 9.17) is 4.74 Å². The van der Waals surface area contributed by atoms with E-state index in [1.54, 1.807) is 6.07 Å². The summed E-state index contributed by atoms with van der Waals surface area (Å²) in [6, 6.07) is 13.6. The summed E-state index contributed by atoms with van der Waals surface area (Å²) in [4.78, 5) is 21.8. The molecule has 0 aromatic heterocycles. The molecule has 2 aromatic rings. The fourth-order valence-electron chi connectivity index (χ4n) is 1.79. The molecule has 0 saturated carbocycles. The first-order chi connectivity index (χ1) is 10.5. The molecule has 0 aliphatic carbocycles. The van der Waals surface area contributed by atoms with Gasteiger partial charge in [-0.05, 0) is 18.6 Å². The molecule has 0 radical (unpaired) electrons. The first kappa shape index (κ1) is 15.5. The largest absolute Gasteiger partial charge is 0.484 e. The maximum Gasteiger partial charge on any atom is 0.273 e. The maximum absolute atomic E-state index is 11.7. The smallest absolute Gasteiger partial charge is 0.273 e. The van der Waals surface area contributed by atoms with E-state index in [9.17, 15) is 14.9 Å². The second kappa shape index (κ2) is 7.21. The van der Waals surface area contributed by atoms with Gasteiger partial charge in [0, 0.05) is 12.6 Å². The van der Waals surface area contributed by atoms with Crippen molar-refractivity contribution in [2.75, 3.05) is 6.61 Å². The summed E-state index contributed by atoms with van der Waals surface area (Å²) in [6.45, 7) is 2.22. The van der Waals surface area contributed by atoms with Crippen LogP contribution in [0.3, 0.4) is 0 Å². The van der Waals surface area contributed by atoms with Gasteiger partial charge < -0.3 is 10.1 Å². The highest BCUT2D eigenvalue weighted by Crippen LogP contribution is 2.18. The number of rotatable bonds is 6. The summed E-state index contributed by atoms with van der Waals surface area (Å²) in [6.07, 6.45) is 0. The van der Waals surface area contributed by atoms with Crippen molar-refractivity contribution >= 4 is 11.6 Å². The van der Waals surface area contributed by atoms with Gasteiger partial charge in [-0.3, -0.25) is 14.9 Å².